The summed E-state index contributed by atoms with van der Waals surface area (Å²) in [6.07, 6.45) is 1.92. The predicted molar refractivity (Wildman–Crippen MR) is 190 cm³/mol. The van der Waals surface area contributed by atoms with Gasteiger partial charge in [-0.15, -0.1) is 0 Å². The third kappa shape index (κ3) is 4.15. The molecule has 0 unspecified atom stereocenters. The van der Waals surface area contributed by atoms with Crippen LogP contribution in [0.1, 0.15) is 0 Å². The van der Waals surface area contributed by atoms with E-state index in [2.05, 4.69) is 167 Å². The minimum Gasteiger partial charge on any atom is -0.298 e. The number of nitrogens with zero attached hydrogens (tertiary/aromatic N) is 2. The number of benzene rings is 8. The molecule has 0 N–H and O–H groups in total. The van der Waals surface area contributed by atoms with E-state index >= 15 is 0 Å². The van der Waals surface area contributed by atoms with Crippen molar-refractivity contribution in [1.82, 2.24) is 9.55 Å². The largest absolute Gasteiger partial charge is 0.298 e. The van der Waals surface area contributed by atoms with E-state index in [-0.39, 0.29) is 0 Å². The topological polar surface area (TPSA) is 17.8 Å². The SMILES string of the molecule is c1ccc(-n2cnc3ccccc32)c(-c2ccc(-c3c4ccccc4c(-c4ccc5ccccc5c4)c4ccccc34)cc2)c1. The van der Waals surface area contributed by atoms with Crippen molar-refractivity contribution < 1.29 is 0 Å². The Morgan fingerprint density at radius 2 is 0.933 bits per heavy atom. The van der Waals surface area contributed by atoms with E-state index in [1.807, 2.05) is 12.4 Å². The number of hydrogen-bond acceptors (Lipinski definition) is 1. The van der Waals surface area contributed by atoms with Crippen LogP contribution in [-0.4, -0.2) is 9.55 Å². The maximum atomic E-state index is 4.65. The molecule has 0 atom stereocenters. The molecule has 0 radical (unpaired) electrons. The first-order valence-corrected chi connectivity index (χ1v) is 15.4. The van der Waals surface area contributed by atoms with E-state index in [0.29, 0.717) is 0 Å². The summed E-state index contributed by atoms with van der Waals surface area (Å²) < 4.78 is 2.19. The van der Waals surface area contributed by atoms with Crippen LogP contribution in [0.15, 0.2) is 170 Å². The van der Waals surface area contributed by atoms with Gasteiger partial charge >= 0.3 is 0 Å². The first-order valence-electron chi connectivity index (χ1n) is 15.4. The summed E-state index contributed by atoms with van der Waals surface area (Å²) in [6.45, 7) is 0. The molecule has 0 aliphatic rings. The molecule has 9 aromatic rings. The number of aromatic nitrogens is 2. The first kappa shape index (κ1) is 25.5. The van der Waals surface area contributed by atoms with Crippen molar-refractivity contribution in [3.8, 4) is 39.1 Å². The molecule has 0 bridgehead atoms. The minimum atomic E-state index is 0.994. The van der Waals surface area contributed by atoms with Gasteiger partial charge in [0, 0.05) is 5.56 Å². The van der Waals surface area contributed by atoms with Crippen molar-refractivity contribution in [1.29, 1.82) is 0 Å². The van der Waals surface area contributed by atoms with Crippen molar-refractivity contribution in [2.75, 3.05) is 0 Å². The fourth-order valence-corrected chi connectivity index (χ4v) is 6.99. The van der Waals surface area contributed by atoms with Crippen LogP contribution >= 0.6 is 0 Å². The van der Waals surface area contributed by atoms with Crippen molar-refractivity contribution in [2.45, 2.75) is 0 Å². The molecule has 1 heterocycles. The molecule has 0 saturated heterocycles. The fraction of sp³-hybridized carbons (Fsp3) is 0. The summed E-state index contributed by atoms with van der Waals surface area (Å²) in [5.41, 5.74) is 10.6. The van der Waals surface area contributed by atoms with Crippen molar-refractivity contribution in [3.63, 3.8) is 0 Å². The number of fused-ring (bicyclic) bond motifs is 4. The quantitative estimate of drug-likeness (QED) is 0.192. The zero-order chi connectivity index (χ0) is 29.7. The molecule has 2 nitrogen and oxygen atoms in total. The second kappa shape index (κ2) is 10.3. The summed E-state index contributed by atoms with van der Waals surface area (Å²) in [5.74, 6) is 0. The van der Waals surface area contributed by atoms with E-state index in [0.717, 1.165) is 16.7 Å². The van der Waals surface area contributed by atoms with Gasteiger partial charge in [0.1, 0.15) is 6.33 Å². The molecule has 0 spiro atoms. The molecule has 0 aliphatic carbocycles. The second-order valence-corrected chi connectivity index (χ2v) is 11.6. The van der Waals surface area contributed by atoms with Crippen LogP contribution in [-0.2, 0) is 0 Å². The lowest BCUT2D eigenvalue weighted by Gasteiger charge is -2.18. The summed E-state index contributed by atoms with van der Waals surface area (Å²) >= 11 is 0. The molecular formula is C43H28N2. The molecule has 210 valence electrons. The summed E-state index contributed by atoms with van der Waals surface area (Å²) in [6, 6.07) is 59.1. The van der Waals surface area contributed by atoms with Crippen LogP contribution in [0.4, 0.5) is 0 Å². The average molecular weight is 573 g/mol. The van der Waals surface area contributed by atoms with Gasteiger partial charge in [0.2, 0.25) is 0 Å². The highest BCUT2D eigenvalue weighted by atomic mass is 15.0. The molecule has 9 rings (SSSR count). The van der Waals surface area contributed by atoms with Crippen LogP contribution in [0.25, 0.3) is 82.4 Å². The molecular weight excluding hydrogens is 544 g/mol. The van der Waals surface area contributed by atoms with Gasteiger partial charge in [0.15, 0.2) is 0 Å². The van der Waals surface area contributed by atoms with Gasteiger partial charge in [-0.05, 0) is 84.4 Å². The Morgan fingerprint density at radius 3 is 1.67 bits per heavy atom. The van der Waals surface area contributed by atoms with Gasteiger partial charge < -0.3 is 0 Å². The standard InChI is InChI=1S/C43H28N2/c1-2-12-32-27-33(26-21-29(32)11-1)43-37-16-5-3-14-35(37)42(36-15-4-6-17-38(36)43)31-24-22-30(23-25-31)34-13-7-9-19-40(34)45-28-44-39-18-8-10-20-41(39)45/h1-28H. The first-order chi connectivity index (χ1) is 22.3. The average Bonchev–Trinajstić information content (AvgIpc) is 3.55. The zero-order valence-corrected chi connectivity index (χ0v) is 24.6. The lowest BCUT2D eigenvalue weighted by Crippen LogP contribution is -1.95. The minimum absolute atomic E-state index is 0.994. The molecule has 0 aliphatic heterocycles. The molecule has 1 aromatic heterocycles. The van der Waals surface area contributed by atoms with Crippen LogP contribution in [0.5, 0.6) is 0 Å². The van der Waals surface area contributed by atoms with Crippen molar-refractivity contribution in [3.05, 3.63) is 170 Å². The fourth-order valence-electron chi connectivity index (χ4n) is 6.99. The molecule has 0 saturated carbocycles. The lowest BCUT2D eigenvalue weighted by molar-refractivity contribution is 1.09. The van der Waals surface area contributed by atoms with E-state index < -0.39 is 0 Å². The van der Waals surface area contributed by atoms with Gasteiger partial charge in [0.25, 0.3) is 0 Å². The van der Waals surface area contributed by atoms with Gasteiger partial charge in [-0.2, -0.15) is 0 Å². The Labute approximate surface area is 261 Å². The highest BCUT2D eigenvalue weighted by Gasteiger charge is 2.17. The monoisotopic (exact) mass is 572 g/mol. The third-order valence-corrected chi connectivity index (χ3v) is 9.07. The van der Waals surface area contributed by atoms with Gasteiger partial charge in [-0.1, -0.05) is 140 Å². The number of rotatable bonds is 4. The van der Waals surface area contributed by atoms with Crippen LogP contribution < -0.4 is 0 Å². The predicted octanol–water partition coefficient (Wildman–Crippen LogP) is 11.5. The van der Waals surface area contributed by atoms with Crippen LogP contribution in [0.2, 0.25) is 0 Å². The number of hydrogen-bond donors (Lipinski definition) is 0. The Bertz CT molecular complexity index is 2480. The molecule has 45 heavy (non-hydrogen) atoms. The Kier molecular flexibility index (Phi) is 5.85. The highest BCUT2D eigenvalue weighted by molar-refractivity contribution is 6.21. The Morgan fingerprint density at radius 1 is 0.400 bits per heavy atom. The van der Waals surface area contributed by atoms with Crippen LogP contribution in [0.3, 0.4) is 0 Å². The Balaban J connectivity index is 1.22. The lowest BCUT2D eigenvalue weighted by atomic mass is 9.85. The maximum absolute atomic E-state index is 4.65. The Hall–Kier alpha value is -5.99. The van der Waals surface area contributed by atoms with E-state index in [9.17, 15) is 0 Å². The summed E-state index contributed by atoms with van der Waals surface area (Å²) in [4.78, 5) is 4.65. The van der Waals surface area contributed by atoms with Crippen molar-refractivity contribution >= 4 is 43.4 Å². The smallest absolute Gasteiger partial charge is 0.100 e. The second-order valence-electron chi connectivity index (χ2n) is 11.6. The molecule has 0 fully saturated rings. The van der Waals surface area contributed by atoms with Gasteiger partial charge in [-0.25, -0.2) is 4.98 Å². The van der Waals surface area contributed by atoms with Gasteiger partial charge in [-0.3, -0.25) is 4.57 Å². The van der Waals surface area contributed by atoms with E-state index in [1.165, 1.54) is 65.7 Å². The molecule has 8 aromatic carbocycles. The number of imidazole rings is 1. The van der Waals surface area contributed by atoms with Crippen molar-refractivity contribution in [2.24, 2.45) is 0 Å². The van der Waals surface area contributed by atoms with Crippen LogP contribution in [0, 0.1) is 0 Å². The zero-order valence-electron chi connectivity index (χ0n) is 24.6. The third-order valence-electron chi connectivity index (χ3n) is 9.07. The number of para-hydroxylation sites is 3. The molecule has 2 heteroatoms. The highest BCUT2D eigenvalue weighted by Crippen LogP contribution is 2.44. The normalized spacial score (nSPS) is 11.6. The van der Waals surface area contributed by atoms with Gasteiger partial charge in [0.05, 0.1) is 16.7 Å². The maximum Gasteiger partial charge on any atom is 0.100 e. The van der Waals surface area contributed by atoms with E-state index in [1.54, 1.807) is 0 Å². The van der Waals surface area contributed by atoms with E-state index in [4.69, 9.17) is 0 Å². The molecule has 0 amide bonds. The summed E-state index contributed by atoms with van der Waals surface area (Å²) in [5, 5.41) is 7.57. The summed E-state index contributed by atoms with van der Waals surface area (Å²) in [7, 11) is 0.